The quantitative estimate of drug-likeness (QED) is 0.360. The van der Waals surface area contributed by atoms with Crippen molar-refractivity contribution >= 4 is 33.5 Å². The number of ether oxygens (including phenoxy) is 1. The van der Waals surface area contributed by atoms with Crippen LogP contribution in [0.5, 0.6) is 5.88 Å². The molecule has 0 saturated carbocycles. The fourth-order valence-corrected chi connectivity index (χ4v) is 4.69. The van der Waals surface area contributed by atoms with Gasteiger partial charge < -0.3 is 20.4 Å². The van der Waals surface area contributed by atoms with E-state index in [4.69, 9.17) is 10.5 Å². The number of nitrogens with two attached hydrogens (primary N) is 1. The first-order valence-corrected chi connectivity index (χ1v) is 12.0. The number of piperazine rings is 1. The van der Waals surface area contributed by atoms with Crippen LogP contribution in [0.2, 0.25) is 0 Å². The topological polar surface area (TPSA) is 100 Å². The van der Waals surface area contributed by atoms with Crippen LogP contribution in [0.25, 0.3) is 21.8 Å². The van der Waals surface area contributed by atoms with Crippen LogP contribution in [0, 0.1) is 5.82 Å². The molecule has 0 unspecified atom stereocenters. The minimum Gasteiger partial charge on any atom is -0.468 e. The van der Waals surface area contributed by atoms with Crippen molar-refractivity contribution in [3.63, 3.8) is 0 Å². The highest BCUT2D eigenvalue weighted by atomic mass is 19.1. The van der Waals surface area contributed by atoms with Gasteiger partial charge in [0.05, 0.1) is 5.52 Å². The molecule has 35 heavy (non-hydrogen) atoms. The number of hydrogen-bond donors (Lipinski definition) is 2. The van der Waals surface area contributed by atoms with Crippen molar-refractivity contribution in [2.75, 3.05) is 44.2 Å². The summed E-state index contributed by atoms with van der Waals surface area (Å²) >= 11 is 0. The maximum absolute atomic E-state index is 13.6. The monoisotopic (exact) mass is 476 g/mol. The standard InChI is InChI=1S/C26H29FN6O2/c27-19-4-6-22-21(15-19)18(16-30-22)3-1-2-10-32-11-13-33(14-12-32)26-20-5-7-25(35-17-24(28)34)31-23(20)8-9-29-26/h4-9,15-16,30H,1-3,10-14,17H2,(H2,28,34). The van der Waals surface area contributed by atoms with Gasteiger partial charge in [-0.25, -0.2) is 14.4 Å². The predicted molar refractivity (Wildman–Crippen MR) is 134 cm³/mol. The molecule has 1 aliphatic rings. The van der Waals surface area contributed by atoms with Crippen molar-refractivity contribution < 1.29 is 13.9 Å². The van der Waals surface area contributed by atoms with Gasteiger partial charge in [0.15, 0.2) is 6.61 Å². The fourth-order valence-electron chi connectivity index (χ4n) is 4.69. The number of hydrogen-bond acceptors (Lipinski definition) is 6. The number of unbranched alkanes of at least 4 members (excludes halogenated alkanes) is 1. The number of amides is 1. The van der Waals surface area contributed by atoms with Gasteiger partial charge >= 0.3 is 0 Å². The molecule has 8 nitrogen and oxygen atoms in total. The second-order valence-corrected chi connectivity index (χ2v) is 8.90. The zero-order chi connectivity index (χ0) is 24.2. The highest BCUT2D eigenvalue weighted by molar-refractivity contribution is 5.90. The molecule has 1 aliphatic heterocycles. The molecule has 182 valence electrons. The molecule has 1 saturated heterocycles. The summed E-state index contributed by atoms with van der Waals surface area (Å²) in [5, 5.41) is 1.95. The van der Waals surface area contributed by atoms with Crippen molar-refractivity contribution in [3.8, 4) is 5.88 Å². The Morgan fingerprint density at radius 2 is 1.94 bits per heavy atom. The van der Waals surface area contributed by atoms with Gasteiger partial charge in [0, 0.05) is 60.9 Å². The lowest BCUT2D eigenvalue weighted by Crippen LogP contribution is -2.47. The lowest BCUT2D eigenvalue weighted by Gasteiger charge is -2.35. The third kappa shape index (κ3) is 5.35. The largest absolute Gasteiger partial charge is 0.468 e. The smallest absolute Gasteiger partial charge is 0.255 e. The molecule has 0 aliphatic carbocycles. The highest BCUT2D eigenvalue weighted by Gasteiger charge is 2.20. The molecule has 9 heteroatoms. The minimum absolute atomic E-state index is 0.190. The number of carbonyl (C=O) groups is 1. The molecule has 0 spiro atoms. The van der Waals surface area contributed by atoms with Gasteiger partial charge in [0.1, 0.15) is 11.6 Å². The first-order valence-electron chi connectivity index (χ1n) is 12.0. The number of fused-ring (bicyclic) bond motifs is 2. The molecule has 1 aromatic carbocycles. The van der Waals surface area contributed by atoms with E-state index in [-0.39, 0.29) is 12.4 Å². The Labute approximate surface area is 202 Å². The molecule has 0 radical (unpaired) electrons. The summed E-state index contributed by atoms with van der Waals surface area (Å²) in [6.45, 7) is 4.60. The Morgan fingerprint density at radius 3 is 2.77 bits per heavy atom. The molecular formula is C26H29FN6O2. The highest BCUT2D eigenvalue weighted by Crippen LogP contribution is 2.26. The number of aromatic amines is 1. The van der Waals surface area contributed by atoms with Gasteiger partial charge in [0.2, 0.25) is 5.88 Å². The average Bonchev–Trinajstić information content (AvgIpc) is 3.27. The molecule has 5 rings (SSSR count). The lowest BCUT2D eigenvalue weighted by molar-refractivity contribution is -0.120. The number of rotatable bonds is 9. The SMILES string of the molecule is NC(=O)COc1ccc2c(N3CCN(CCCCc4c[nH]c5ccc(F)cc45)CC3)nccc2n1. The van der Waals surface area contributed by atoms with Crippen LogP contribution in [-0.4, -0.2) is 65.1 Å². The van der Waals surface area contributed by atoms with Crippen LogP contribution in [0.4, 0.5) is 10.2 Å². The van der Waals surface area contributed by atoms with Gasteiger partial charge in [-0.2, -0.15) is 0 Å². The third-order valence-corrected chi connectivity index (χ3v) is 6.50. The number of halogens is 1. The zero-order valence-corrected chi connectivity index (χ0v) is 19.5. The van der Waals surface area contributed by atoms with Crippen LogP contribution < -0.4 is 15.4 Å². The van der Waals surface area contributed by atoms with E-state index in [1.807, 2.05) is 18.3 Å². The Kier molecular flexibility index (Phi) is 6.76. The van der Waals surface area contributed by atoms with E-state index < -0.39 is 5.91 Å². The molecule has 1 fully saturated rings. The van der Waals surface area contributed by atoms with Gasteiger partial charge in [-0.3, -0.25) is 9.69 Å². The molecule has 3 aromatic heterocycles. The number of nitrogens with zero attached hydrogens (tertiary/aromatic N) is 4. The van der Waals surface area contributed by atoms with Crippen LogP contribution >= 0.6 is 0 Å². The van der Waals surface area contributed by atoms with E-state index in [1.165, 1.54) is 11.6 Å². The first-order chi connectivity index (χ1) is 17.1. The number of H-pyrrole nitrogens is 1. The zero-order valence-electron chi connectivity index (χ0n) is 19.5. The van der Waals surface area contributed by atoms with Crippen molar-refractivity contribution in [1.29, 1.82) is 0 Å². The van der Waals surface area contributed by atoms with Gasteiger partial charge in [0.25, 0.3) is 5.91 Å². The Bertz CT molecular complexity index is 1330. The van der Waals surface area contributed by atoms with E-state index in [0.717, 1.165) is 79.6 Å². The van der Waals surface area contributed by atoms with E-state index in [0.29, 0.717) is 5.88 Å². The second kappa shape index (κ2) is 10.3. The number of anilines is 1. The molecule has 4 heterocycles. The van der Waals surface area contributed by atoms with Crippen LogP contribution in [-0.2, 0) is 11.2 Å². The normalized spacial score (nSPS) is 14.6. The summed E-state index contributed by atoms with van der Waals surface area (Å²) in [6, 6.07) is 10.4. The molecule has 0 atom stereocenters. The minimum atomic E-state index is -0.534. The Balaban J connectivity index is 1.12. The van der Waals surface area contributed by atoms with E-state index in [1.54, 1.807) is 24.4 Å². The van der Waals surface area contributed by atoms with E-state index in [9.17, 15) is 9.18 Å². The number of nitrogens with one attached hydrogen (secondary N) is 1. The van der Waals surface area contributed by atoms with E-state index >= 15 is 0 Å². The van der Waals surface area contributed by atoms with Crippen LogP contribution in [0.1, 0.15) is 18.4 Å². The Morgan fingerprint density at radius 1 is 1.09 bits per heavy atom. The van der Waals surface area contributed by atoms with Gasteiger partial charge in [-0.1, -0.05) is 0 Å². The van der Waals surface area contributed by atoms with Crippen molar-refractivity contribution in [1.82, 2.24) is 19.9 Å². The second-order valence-electron chi connectivity index (χ2n) is 8.90. The summed E-state index contributed by atoms with van der Waals surface area (Å²) in [7, 11) is 0. The van der Waals surface area contributed by atoms with Crippen LogP contribution in [0.3, 0.4) is 0 Å². The molecule has 3 N–H and O–H groups in total. The van der Waals surface area contributed by atoms with Crippen LogP contribution in [0.15, 0.2) is 48.8 Å². The summed E-state index contributed by atoms with van der Waals surface area (Å²) in [4.78, 5) is 28.1. The first kappa shape index (κ1) is 23.0. The molecule has 0 bridgehead atoms. The number of aromatic nitrogens is 3. The maximum atomic E-state index is 13.6. The summed E-state index contributed by atoms with van der Waals surface area (Å²) in [5.41, 5.74) is 8.09. The Hall–Kier alpha value is -3.72. The number of primary amides is 1. The van der Waals surface area contributed by atoms with Crippen molar-refractivity contribution in [2.45, 2.75) is 19.3 Å². The average molecular weight is 477 g/mol. The summed E-state index contributed by atoms with van der Waals surface area (Å²) in [5.74, 6) is 0.566. The molecule has 4 aromatic rings. The molecular weight excluding hydrogens is 447 g/mol. The summed E-state index contributed by atoms with van der Waals surface area (Å²) < 4.78 is 18.9. The number of carbonyl (C=O) groups excluding carboxylic acids is 1. The number of aryl methyl sites for hydroxylation is 1. The maximum Gasteiger partial charge on any atom is 0.255 e. The van der Waals surface area contributed by atoms with Crippen molar-refractivity contribution in [2.24, 2.45) is 5.73 Å². The predicted octanol–water partition coefficient (Wildman–Crippen LogP) is 3.26. The van der Waals surface area contributed by atoms with Gasteiger partial charge in [-0.05, 0) is 61.7 Å². The van der Waals surface area contributed by atoms with Gasteiger partial charge in [-0.15, -0.1) is 0 Å². The fraction of sp³-hybridized carbons (Fsp3) is 0.346. The van der Waals surface area contributed by atoms with E-state index in [2.05, 4.69) is 24.8 Å². The number of benzene rings is 1. The number of pyridine rings is 2. The third-order valence-electron chi connectivity index (χ3n) is 6.50. The van der Waals surface area contributed by atoms with Crippen molar-refractivity contribution in [3.05, 3.63) is 60.2 Å². The lowest BCUT2D eigenvalue weighted by atomic mass is 10.1. The molecule has 1 amide bonds. The summed E-state index contributed by atoms with van der Waals surface area (Å²) in [6.07, 6.45) is 6.88.